The second-order valence-electron chi connectivity index (χ2n) is 8.86. The highest BCUT2D eigenvalue weighted by atomic mass is 16.6. The maximum atomic E-state index is 11.6. The van der Waals surface area contributed by atoms with E-state index in [1.165, 1.54) is 103 Å². The summed E-state index contributed by atoms with van der Waals surface area (Å²) in [5.41, 5.74) is -0.663. The molecular weight excluding hydrogens is 334 g/mol. The van der Waals surface area contributed by atoms with Crippen molar-refractivity contribution in [3.63, 3.8) is 0 Å². The third-order valence-electron chi connectivity index (χ3n) is 5.61. The summed E-state index contributed by atoms with van der Waals surface area (Å²) >= 11 is 0. The van der Waals surface area contributed by atoms with Gasteiger partial charge in [-0.15, -0.1) is 0 Å². The van der Waals surface area contributed by atoms with Gasteiger partial charge in [-0.05, 0) is 20.3 Å². The van der Waals surface area contributed by atoms with Crippen LogP contribution in [0.1, 0.15) is 136 Å². The Morgan fingerprint density at radius 2 is 1.04 bits per heavy atom. The molecule has 0 saturated heterocycles. The predicted octanol–water partition coefficient (Wildman–Crippen LogP) is 7.76. The van der Waals surface area contributed by atoms with Gasteiger partial charge in [0.2, 0.25) is 0 Å². The molecule has 27 heavy (non-hydrogen) atoms. The Bertz CT molecular complexity index is 415. The summed E-state index contributed by atoms with van der Waals surface area (Å²) in [6.45, 7) is 5.92. The normalized spacial score (nSPS) is 15.8. The van der Waals surface area contributed by atoms with Gasteiger partial charge in [0, 0.05) is 6.42 Å². The van der Waals surface area contributed by atoms with E-state index in [-0.39, 0.29) is 5.97 Å². The van der Waals surface area contributed by atoms with E-state index < -0.39 is 5.54 Å². The minimum atomic E-state index is -0.663. The molecule has 0 atom stereocenters. The molecule has 0 unspecified atom stereocenters. The fourth-order valence-corrected chi connectivity index (χ4v) is 3.72. The lowest BCUT2D eigenvalue weighted by atomic mass is 10.0. The van der Waals surface area contributed by atoms with Crippen LogP contribution in [-0.4, -0.2) is 17.4 Å². The fraction of sp³-hybridized carbons (Fsp3) is 0.917. The van der Waals surface area contributed by atoms with Gasteiger partial charge < -0.3 is 4.74 Å². The van der Waals surface area contributed by atoms with E-state index in [0.717, 1.165) is 12.8 Å². The molecule has 0 fully saturated rings. The van der Waals surface area contributed by atoms with Gasteiger partial charge in [0.05, 0.1) is 0 Å². The summed E-state index contributed by atoms with van der Waals surface area (Å²) in [5, 5.41) is 0. The van der Waals surface area contributed by atoms with Crippen molar-refractivity contribution in [2.75, 3.05) is 0 Å². The molecule has 1 heterocycles. The van der Waals surface area contributed by atoms with Crippen molar-refractivity contribution < 1.29 is 9.53 Å². The molecule has 0 bridgehead atoms. The highest BCUT2D eigenvalue weighted by Gasteiger charge is 2.36. The van der Waals surface area contributed by atoms with Crippen LogP contribution >= 0.6 is 0 Å². The van der Waals surface area contributed by atoms with Crippen molar-refractivity contribution >= 4 is 11.9 Å². The maximum Gasteiger partial charge on any atom is 0.340 e. The predicted molar refractivity (Wildman–Crippen MR) is 116 cm³/mol. The lowest BCUT2D eigenvalue weighted by Crippen LogP contribution is -2.25. The molecule has 0 spiro atoms. The Hall–Kier alpha value is -0.860. The lowest BCUT2D eigenvalue weighted by molar-refractivity contribution is -0.138. The number of nitrogens with zero attached hydrogens (tertiary/aromatic N) is 1. The number of esters is 1. The molecule has 1 aliphatic heterocycles. The van der Waals surface area contributed by atoms with Gasteiger partial charge in [0.15, 0.2) is 11.4 Å². The van der Waals surface area contributed by atoms with Crippen LogP contribution in [0.4, 0.5) is 0 Å². The van der Waals surface area contributed by atoms with Crippen LogP contribution < -0.4 is 0 Å². The second kappa shape index (κ2) is 15.1. The Kier molecular flexibility index (Phi) is 13.5. The van der Waals surface area contributed by atoms with Crippen LogP contribution in [0.25, 0.3) is 0 Å². The molecule has 0 radical (unpaired) electrons. The summed E-state index contributed by atoms with van der Waals surface area (Å²) in [4.78, 5) is 15.9. The Morgan fingerprint density at radius 3 is 1.37 bits per heavy atom. The van der Waals surface area contributed by atoms with Crippen molar-refractivity contribution in [1.82, 2.24) is 0 Å². The van der Waals surface area contributed by atoms with Crippen molar-refractivity contribution in [2.24, 2.45) is 4.99 Å². The van der Waals surface area contributed by atoms with Gasteiger partial charge in [-0.3, -0.25) is 0 Å². The highest BCUT2D eigenvalue weighted by molar-refractivity contribution is 5.99. The SMILES string of the molecule is CCCCCCCCCCCCCCCCCCCC1=NC(C)(C)C(=O)O1. The minimum absolute atomic E-state index is 0.204. The number of rotatable bonds is 18. The van der Waals surface area contributed by atoms with Crippen molar-refractivity contribution in [1.29, 1.82) is 0 Å². The van der Waals surface area contributed by atoms with E-state index in [4.69, 9.17) is 4.74 Å². The van der Waals surface area contributed by atoms with E-state index >= 15 is 0 Å². The van der Waals surface area contributed by atoms with Gasteiger partial charge in [0.25, 0.3) is 0 Å². The third kappa shape index (κ3) is 12.3. The summed E-state index contributed by atoms with van der Waals surface area (Å²) < 4.78 is 5.22. The molecule has 0 aromatic carbocycles. The van der Waals surface area contributed by atoms with E-state index in [0.29, 0.717) is 5.90 Å². The summed E-state index contributed by atoms with van der Waals surface area (Å²) in [7, 11) is 0. The number of hydrogen-bond acceptors (Lipinski definition) is 3. The zero-order valence-corrected chi connectivity index (χ0v) is 18.5. The number of hydrogen-bond donors (Lipinski definition) is 0. The lowest BCUT2D eigenvalue weighted by Gasteiger charge is -2.05. The molecule has 0 saturated carbocycles. The van der Waals surface area contributed by atoms with Gasteiger partial charge in [-0.25, -0.2) is 9.79 Å². The maximum absolute atomic E-state index is 11.6. The van der Waals surface area contributed by atoms with Gasteiger partial charge >= 0.3 is 5.97 Å². The number of aliphatic imine (C=N–C) groups is 1. The zero-order valence-electron chi connectivity index (χ0n) is 18.5. The number of unbranched alkanes of at least 4 members (excludes halogenated alkanes) is 16. The van der Waals surface area contributed by atoms with E-state index in [1.807, 2.05) is 13.8 Å². The molecule has 1 rings (SSSR count). The molecule has 0 N–H and O–H groups in total. The van der Waals surface area contributed by atoms with Crippen LogP contribution in [0.2, 0.25) is 0 Å². The largest absolute Gasteiger partial charge is 0.410 e. The van der Waals surface area contributed by atoms with Crippen LogP contribution in [-0.2, 0) is 9.53 Å². The number of carbonyl (C=O) groups excluding carboxylic acids is 1. The standard InChI is InChI=1S/C24H45NO2/c1-4-5-6-7-8-9-10-11-12-13-14-15-16-17-18-19-20-21-22-25-24(2,3)23(26)27-22/h4-21H2,1-3H3. The van der Waals surface area contributed by atoms with Gasteiger partial charge in [0.1, 0.15) is 0 Å². The molecule has 0 aliphatic carbocycles. The molecule has 3 heteroatoms. The van der Waals surface area contributed by atoms with Crippen LogP contribution in [0, 0.1) is 0 Å². The van der Waals surface area contributed by atoms with Gasteiger partial charge in [-0.1, -0.05) is 110 Å². The quantitative estimate of drug-likeness (QED) is 0.180. The zero-order chi connectivity index (χ0) is 19.8. The molecule has 3 nitrogen and oxygen atoms in total. The smallest absolute Gasteiger partial charge is 0.340 e. The van der Waals surface area contributed by atoms with Crippen molar-refractivity contribution in [2.45, 2.75) is 142 Å². The second-order valence-corrected chi connectivity index (χ2v) is 8.86. The Balaban J connectivity index is 1.76. The van der Waals surface area contributed by atoms with Crippen molar-refractivity contribution in [3.8, 4) is 0 Å². The Labute approximate surface area is 168 Å². The van der Waals surface area contributed by atoms with Gasteiger partial charge in [-0.2, -0.15) is 0 Å². The minimum Gasteiger partial charge on any atom is -0.410 e. The number of carbonyl (C=O) groups is 1. The molecule has 158 valence electrons. The molecular formula is C24H45NO2. The van der Waals surface area contributed by atoms with Crippen molar-refractivity contribution in [3.05, 3.63) is 0 Å². The average Bonchev–Trinajstić information content (AvgIpc) is 2.89. The van der Waals surface area contributed by atoms with Crippen LogP contribution in [0.5, 0.6) is 0 Å². The molecule has 0 amide bonds. The fourth-order valence-electron chi connectivity index (χ4n) is 3.72. The number of ether oxygens (including phenoxy) is 1. The van der Waals surface area contributed by atoms with Crippen LogP contribution in [0.3, 0.4) is 0 Å². The Morgan fingerprint density at radius 1 is 0.667 bits per heavy atom. The first-order valence-corrected chi connectivity index (χ1v) is 11.9. The van der Waals surface area contributed by atoms with E-state index in [2.05, 4.69) is 11.9 Å². The number of cyclic esters (lactones) is 1. The first-order valence-electron chi connectivity index (χ1n) is 11.9. The monoisotopic (exact) mass is 379 g/mol. The van der Waals surface area contributed by atoms with E-state index in [1.54, 1.807) is 0 Å². The third-order valence-corrected chi connectivity index (χ3v) is 5.61. The summed E-state index contributed by atoms with van der Waals surface area (Å²) in [6.07, 6.45) is 24.3. The molecule has 0 aromatic heterocycles. The first kappa shape index (κ1) is 24.2. The first-order chi connectivity index (χ1) is 13.1. The van der Waals surface area contributed by atoms with Crippen LogP contribution in [0.15, 0.2) is 4.99 Å². The topological polar surface area (TPSA) is 38.7 Å². The highest BCUT2D eigenvalue weighted by Crippen LogP contribution is 2.21. The average molecular weight is 380 g/mol. The molecule has 1 aliphatic rings. The van der Waals surface area contributed by atoms with E-state index in [9.17, 15) is 4.79 Å². The molecule has 0 aromatic rings. The summed E-state index contributed by atoms with van der Waals surface area (Å²) in [5.74, 6) is 0.440. The summed E-state index contributed by atoms with van der Waals surface area (Å²) in [6, 6.07) is 0.